The molecule has 1 amide bonds. The lowest BCUT2D eigenvalue weighted by molar-refractivity contribution is 0.149. The van der Waals surface area contributed by atoms with Crippen LogP contribution in [0.25, 0.3) is 0 Å². The highest BCUT2D eigenvalue weighted by Crippen LogP contribution is 2.48. The van der Waals surface area contributed by atoms with Crippen LogP contribution in [-0.4, -0.2) is 19.2 Å². The summed E-state index contributed by atoms with van der Waals surface area (Å²) in [7, 11) is 1.41. The Labute approximate surface area is 119 Å². The van der Waals surface area contributed by atoms with Crippen molar-refractivity contribution in [3.05, 3.63) is 59.7 Å². The molecule has 3 nitrogen and oxygen atoms in total. The highest BCUT2D eigenvalue weighted by atomic mass is 16.5. The van der Waals surface area contributed by atoms with E-state index in [0.717, 1.165) is 6.42 Å². The second kappa shape index (κ2) is 4.82. The molecule has 2 aliphatic rings. The molecule has 3 heteroatoms. The van der Waals surface area contributed by atoms with Crippen molar-refractivity contribution in [3.63, 3.8) is 0 Å². The Morgan fingerprint density at radius 3 is 2.95 bits per heavy atom. The number of nitrogens with one attached hydrogen (secondary N) is 1. The van der Waals surface area contributed by atoms with Crippen LogP contribution in [0.4, 0.5) is 4.79 Å². The number of alkyl carbamates (subject to hydrolysis) is 1. The van der Waals surface area contributed by atoms with Gasteiger partial charge in [0, 0.05) is 17.4 Å². The van der Waals surface area contributed by atoms with E-state index in [4.69, 9.17) is 4.74 Å². The van der Waals surface area contributed by atoms with Crippen molar-refractivity contribution < 1.29 is 9.53 Å². The number of rotatable bonds is 1. The van der Waals surface area contributed by atoms with Crippen LogP contribution >= 0.6 is 0 Å². The molecule has 1 aromatic rings. The van der Waals surface area contributed by atoms with E-state index >= 15 is 0 Å². The molecule has 3 atom stereocenters. The molecule has 0 heterocycles. The number of carbonyl (C=O) groups is 1. The first-order chi connectivity index (χ1) is 9.65. The first kappa shape index (κ1) is 13.0. The van der Waals surface area contributed by atoms with Gasteiger partial charge in [0.25, 0.3) is 0 Å². The highest BCUT2D eigenvalue weighted by Gasteiger charge is 2.45. The summed E-state index contributed by atoms with van der Waals surface area (Å²) in [5.41, 5.74) is 2.55. The molecule has 0 aliphatic heterocycles. The average Bonchev–Trinajstić information content (AvgIpc) is 2.47. The number of hydrogen-bond acceptors (Lipinski definition) is 2. The second-order valence-electron chi connectivity index (χ2n) is 5.68. The van der Waals surface area contributed by atoms with Crippen molar-refractivity contribution in [1.29, 1.82) is 0 Å². The summed E-state index contributed by atoms with van der Waals surface area (Å²) in [5.74, 6) is 0.291. The fraction of sp³-hybridized carbons (Fsp3) is 0.353. The maximum Gasteiger partial charge on any atom is 0.407 e. The van der Waals surface area contributed by atoms with E-state index < -0.39 is 0 Å². The highest BCUT2D eigenvalue weighted by molar-refractivity contribution is 5.68. The molecular weight excluding hydrogens is 250 g/mol. The van der Waals surface area contributed by atoms with Gasteiger partial charge in [-0.1, -0.05) is 55.5 Å². The average molecular weight is 269 g/mol. The number of amides is 1. The van der Waals surface area contributed by atoms with Gasteiger partial charge in [0.1, 0.15) is 0 Å². The summed E-state index contributed by atoms with van der Waals surface area (Å²) in [6, 6.07) is 8.51. The maximum atomic E-state index is 11.6. The fourth-order valence-electron chi connectivity index (χ4n) is 3.39. The molecule has 0 spiro atoms. The fourth-order valence-corrected chi connectivity index (χ4v) is 3.39. The second-order valence-corrected chi connectivity index (χ2v) is 5.68. The Balaban J connectivity index is 2.03. The lowest BCUT2D eigenvalue weighted by Gasteiger charge is -2.46. The summed E-state index contributed by atoms with van der Waals surface area (Å²) in [5, 5.41) is 3.00. The lowest BCUT2D eigenvalue weighted by atomic mass is 9.61. The van der Waals surface area contributed by atoms with Crippen LogP contribution < -0.4 is 5.32 Å². The maximum absolute atomic E-state index is 11.6. The molecule has 1 aromatic carbocycles. The Morgan fingerprint density at radius 1 is 1.35 bits per heavy atom. The molecule has 3 unspecified atom stereocenters. The zero-order chi connectivity index (χ0) is 14.2. The van der Waals surface area contributed by atoms with Gasteiger partial charge in [0.15, 0.2) is 0 Å². The van der Waals surface area contributed by atoms with Crippen molar-refractivity contribution in [2.24, 2.45) is 5.41 Å². The van der Waals surface area contributed by atoms with Crippen LogP contribution in [-0.2, 0) is 11.2 Å². The topological polar surface area (TPSA) is 38.3 Å². The monoisotopic (exact) mass is 269 g/mol. The standard InChI is InChI=1S/C17H19NO2/c1-17-10-6-5-9-14(17)13-8-4-3-7-12(13)11-15(17)18-16(19)20-2/h3-10,14-15H,11H2,1-2H3,(H,18,19). The Hall–Kier alpha value is -2.03. The Morgan fingerprint density at radius 2 is 2.15 bits per heavy atom. The predicted octanol–water partition coefficient (Wildman–Crippen LogP) is 3.18. The molecule has 0 aromatic heterocycles. The number of allylic oxidation sites excluding steroid dienone is 3. The third-order valence-corrected chi connectivity index (χ3v) is 4.58. The molecule has 104 valence electrons. The normalized spacial score (nSPS) is 30.3. The molecule has 0 fully saturated rings. The van der Waals surface area contributed by atoms with Gasteiger partial charge in [0.2, 0.25) is 0 Å². The van der Waals surface area contributed by atoms with Gasteiger partial charge in [-0.15, -0.1) is 0 Å². The minimum Gasteiger partial charge on any atom is -0.453 e. The quantitative estimate of drug-likeness (QED) is 0.850. The van der Waals surface area contributed by atoms with Crippen LogP contribution in [0, 0.1) is 5.41 Å². The SMILES string of the molecule is COC(=O)NC1Cc2ccccc2C2C=CC=CC12C. The molecule has 0 radical (unpaired) electrons. The number of fused-ring (bicyclic) bond motifs is 3. The van der Waals surface area contributed by atoms with Gasteiger partial charge in [-0.2, -0.15) is 0 Å². The molecule has 2 aliphatic carbocycles. The zero-order valence-electron chi connectivity index (χ0n) is 11.8. The smallest absolute Gasteiger partial charge is 0.407 e. The van der Waals surface area contributed by atoms with Crippen molar-refractivity contribution in [1.82, 2.24) is 5.32 Å². The van der Waals surface area contributed by atoms with Crippen molar-refractivity contribution in [2.45, 2.75) is 25.3 Å². The first-order valence-corrected chi connectivity index (χ1v) is 6.93. The summed E-state index contributed by atoms with van der Waals surface area (Å²) < 4.78 is 4.77. The predicted molar refractivity (Wildman–Crippen MR) is 78.6 cm³/mol. The van der Waals surface area contributed by atoms with E-state index in [1.807, 2.05) is 0 Å². The third kappa shape index (κ3) is 1.94. The number of ether oxygens (including phenoxy) is 1. The molecule has 0 saturated heterocycles. The van der Waals surface area contributed by atoms with Gasteiger partial charge >= 0.3 is 6.09 Å². The van der Waals surface area contributed by atoms with Gasteiger partial charge in [0.05, 0.1) is 7.11 Å². The third-order valence-electron chi connectivity index (χ3n) is 4.58. The molecular formula is C17H19NO2. The van der Waals surface area contributed by atoms with Crippen molar-refractivity contribution in [2.75, 3.05) is 7.11 Å². The van der Waals surface area contributed by atoms with Gasteiger partial charge in [-0.25, -0.2) is 4.79 Å². The van der Waals surface area contributed by atoms with Gasteiger partial charge in [-0.3, -0.25) is 0 Å². The summed E-state index contributed by atoms with van der Waals surface area (Å²) >= 11 is 0. The van der Waals surface area contributed by atoms with Crippen LogP contribution in [0.2, 0.25) is 0 Å². The van der Waals surface area contributed by atoms with Crippen LogP contribution in [0.3, 0.4) is 0 Å². The van der Waals surface area contributed by atoms with E-state index in [2.05, 4.69) is 60.8 Å². The molecule has 1 N–H and O–H groups in total. The van der Waals surface area contributed by atoms with Crippen LogP contribution in [0.5, 0.6) is 0 Å². The number of carbonyl (C=O) groups excluding carboxylic acids is 1. The van der Waals surface area contributed by atoms with E-state index in [1.54, 1.807) is 0 Å². The van der Waals surface area contributed by atoms with Gasteiger partial charge in [-0.05, 0) is 17.5 Å². The molecule has 0 saturated carbocycles. The first-order valence-electron chi connectivity index (χ1n) is 6.93. The zero-order valence-corrected chi connectivity index (χ0v) is 11.8. The molecule has 20 heavy (non-hydrogen) atoms. The van der Waals surface area contributed by atoms with Gasteiger partial charge < -0.3 is 10.1 Å². The minimum atomic E-state index is -0.364. The summed E-state index contributed by atoms with van der Waals surface area (Å²) in [6.45, 7) is 2.20. The Kier molecular flexibility index (Phi) is 3.13. The largest absolute Gasteiger partial charge is 0.453 e. The van der Waals surface area contributed by atoms with Crippen molar-refractivity contribution >= 4 is 6.09 Å². The Bertz CT molecular complexity index is 590. The number of benzene rings is 1. The van der Waals surface area contributed by atoms with Crippen LogP contribution in [0.1, 0.15) is 24.0 Å². The van der Waals surface area contributed by atoms with E-state index in [0.29, 0.717) is 5.92 Å². The van der Waals surface area contributed by atoms with Crippen molar-refractivity contribution in [3.8, 4) is 0 Å². The number of methoxy groups -OCH3 is 1. The summed E-state index contributed by atoms with van der Waals surface area (Å²) in [4.78, 5) is 11.6. The summed E-state index contributed by atoms with van der Waals surface area (Å²) in [6.07, 6.45) is 9.05. The van der Waals surface area contributed by atoms with E-state index in [-0.39, 0.29) is 17.6 Å². The number of hydrogen-bond donors (Lipinski definition) is 1. The minimum absolute atomic E-state index is 0.0380. The molecule has 3 rings (SSSR count). The lowest BCUT2D eigenvalue weighted by Crippen LogP contribution is -2.52. The van der Waals surface area contributed by atoms with E-state index in [9.17, 15) is 4.79 Å². The van der Waals surface area contributed by atoms with Crippen LogP contribution in [0.15, 0.2) is 48.6 Å². The van der Waals surface area contributed by atoms with E-state index in [1.165, 1.54) is 18.2 Å². The molecule has 0 bridgehead atoms.